The second kappa shape index (κ2) is 5.83. The lowest BCUT2D eigenvalue weighted by Crippen LogP contribution is -2.44. The molecule has 0 spiro atoms. The average molecular weight is 240 g/mol. The van der Waals surface area contributed by atoms with E-state index in [4.69, 9.17) is 10.5 Å². The Morgan fingerprint density at radius 2 is 2.00 bits per heavy atom. The minimum atomic E-state index is -0.0427. The number of ether oxygens (including phenoxy) is 1. The molecular weight excluding hydrogens is 216 g/mol. The number of rotatable bonds is 5. The van der Waals surface area contributed by atoms with Crippen LogP contribution in [0.4, 0.5) is 0 Å². The van der Waals surface area contributed by atoms with Crippen molar-refractivity contribution >= 4 is 5.91 Å². The predicted molar refractivity (Wildman–Crippen MR) is 66.5 cm³/mol. The van der Waals surface area contributed by atoms with Gasteiger partial charge in [0.05, 0.1) is 6.10 Å². The minimum absolute atomic E-state index is 0.0427. The fourth-order valence-corrected chi connectivity index (χ4v) is 2.21. The molecule has 1 heterocycles. The zero-order valence-electron chi connectivity index (χ0n) is 10.7. The highest BCUT2D eigenvalue weighted by Gasteiger charge is 2.28. The number of likely N-dealkylation sites (tertiary alicyclic amines) is 1. The molecule has 2 rings (SSSR count). The van der Waals surface area contributed by atoms with Gasteiger partial charge in [-0.2, -0.15) is 0 Å². The summed E-state index contributed by atoms with van der Waals surface area (Å²) in [6.07, 6.45) is 5.01. The van der Waals surface area contributed by atoms with Gasteiger partial charge in [0, 0.05) is 32.2 Å². The summed E-state index contributed by atoms with van der Waals surface area (Å²) >= 11 is 0. The highest BCUT2D eigenvalue weighted by atomic mass is 16.5. The van der Waals surface area contributed by atoms with Gasteiger partial charge in [0.2, 0.25) is 5.91 Å². The number of hydrogen-bond acceptors (Lipinski definition) is 3. The van der Waals surface area contributed by atoms with E-state index < -0.39 is 0 Å². The summed E-state index contributed by atoms with van der Waals surface area (Å²) in [4.78, 5) is 13.9. The number of hydrogen-bond donors (Lipinski definition) is 1. The molecule has 1 atom stereocenters. The van der Waals surface area contributed by atoms with Gasteiger partial charge in [-0.15, -0.1) is 0 Å². The maximum Gasteiger partial charge on any atom is 0.226 e. The third-order valence-electron chi connectivity index (χ3n) is 3.79. The van der Waals surface area contributed by atoms with Gasteiger partial charge in [-0.05, 0) is 31.6 Å². The van der Waals surface area contributed by atoms with E-state index in [1.165, 1.54) is 12.8 Å². The van der Waals surface area contributed by atoms with E-state index in [1.54, 1.807) is 0 Å². The summed E-state index contributed by atoms with van der Waals surface area (Å²) in [6, 6.07) is 0. The Kier molecular flexibility index (Phi) is 4.40. The molecular formula is C13H24N2O2. The van der Waals surface area contributed by atoms with Crippen LogP contribution in [0.1, 0.15) is 32.6 Å². The standard InChI is InChI=1S/C13H24N2O2/c1-10(8-14)13(16)15-6-4-12(5-7-15)17-9-11-2-3-11/h10-12H,2-9,14H2,1H3. The molecule has 98 valence electrons. The lowest BCUT2D eigenvalue weighted by atomic mass is 10.0. The summed E-state index contributed by atoms with van der Waals surface area (Å²) < 4.78 is 5.86. The van der Waals surface area contributed by atoms with Gasteiger partial charge in [0.25, 0.3) is 0 Å². The van der Waals surface area contributed by atoms with Crippen LogP contribution in [0.3, 0.4) is 0 Å². The smallest absolute Gasteiger partial charge is 0.226 e. The normalized spacial score (nSPS) is 23.8. The Morgan fingerprint density at radius 3 is 2.53 bits per heavy atom. The molecule has 0 aromatic heterocycles. The lowest BCUT2D eigenvalue weighted by molar-refractivity contribution is -0.137. The fourth-order valence-electron chi connectivity index (χ4n) is 2.21. The van der Waals surface area contributed by atoms with E-state index in [0.717, 1.165) is 38.5 Å². The summed E-state index contributed by atoms with van der Waals surface area (Å²) in [6.45, 7) is 4.93. The van der Waals surface area contributed by atoms with Crippen molar-refractivity contribution in [3.8, 4) is 0 Å². The molecule has 1 aliphatic carbocycles. The van der Waals surface area contributed by atoms with Gasteiger partial charge in [-0.3, -0.25) is 4.79 Å². The van der Waals surface area contributed by atoms with Crippen molar-refractivity contribution in [2.24, 2.45) is 17.6 Å². The fraction of sp³-hybridized carbons (Fsp3) is 0.923. The van der Waals surface area contributed by atoms with Crippen molar-refractivity contribution in [3.05, 3.63) is 0 Å². The van der Waals surface area contributed by atoms with Crippen LogP contribution >= 0.6 is 0 Å². The van der Waals surface area contributed by atoms with Crippen LogP contribution in [0.15, 0.2) is 0 Å². The second-order valence-electron chi connectivity index (χ2n) is 5.44. The molecule has 2 fully saturated rings. The van der Waals surface area contributed by atoms with Crippen molar-refractivity contribution in [1.29, 1.82) is 0 Å². The maximum absolute atomic E-state index is 11.9. The number of carbonyl (C=O) groups excluding carboxylic acids is 1. The van der Waals surface area contributed by atoms with Crippen LogP contribution in [-0.2, 0) is 9.53 Å². The molecule has 1 amide bonds. The number of nitrogens with two attached hydrogens (primary N) is 1. The molecule has 1 saturated heterocycles. The van der Waals surface area contributed by atoms with Gasteiger partial charge < -0.3 is 15.4 Å². The Morgan fingerprint density at radius 1 is 1.35 bits per heavy atom. The Hall–Kier alpha value is -0.610. The maximum atomic E-state index is 11.9. The Balaban J connectivity index is 1.67. The SMILES string of the molecule is CC(CN)C(=O)N1CCC(OCC2CC2)CC1. The topological polar surface area (TPSA) is 55.6 Å². The van der Waals surface area contributed by atoms with E-state index in [2.05, 4.69) is 0 Å². The highest BCUT2D eigenvalue weighted by Crippen LogP contribution is 2.30. The van der Waals surface area contributed by atoms with Gasteiger partial charge in [0.15, 0.2) is 0 Å². The van der Waals surface area contributed by atoms with E-state index in [-0.39, 0.29) is 11.8 Å². The lowest BCUT2D eigenvalue weighted by Gasteiger charge is -2.33. The molecule has 0 bridgehead atoms. The van der Waals surface area contributed by atoms with E-state index in [9.17, 15) is 4.79 Å². The van der Waals surface area contributed by atoms with Crippen molar-refractivity contribution in [2.75, 3.05) is 26.2 Å². The molecule has 1 unspecified atom stereocenters. The first-order valence-corrected chi connectivity index (χ1v) is 6.81. The molecule has 17 heavy (non-hydrogen) atoms. The molecule has 1 saturated carbocycles. The zero-order chi connectivity index (χ0) is 12.3. The van der Waals surface area contributed by atoms with Crippen molar-refractivity contribution in [1.82, 2.24) is 4.90 Å². The molecule has 0 aromatic rings. The van der Waals surface area contributed by atoms with E-state index >= 15 is 0 Å². The van der Waals surface area contributed by atoms with Gasteiger partial charge >= 0.3 is 0 Å². The van der Waals surface area contributed by atoms with Crippen LogP contribution in [0.25, 0.3) is 0 Å². The number of amides is 1. The first-order chi connectivity index (χ1) is 8.20. The summed E-state index contributed by atoms with van der Waals surface area (Å²) in [5.74, 6) is 0.985. The summed E-state index contributed by atoms with van der Waals surface area (Å²) in [5, 5.41) is 0. The molecule has 2 N–H and O–H groups in total. The largest absolute Gasteiger partial charge is 0.378 e. The highest BCUT2D eigenvalue weighted by molar-refractivity contribution is 5.78. The van der Waals surface area contributed by atoms with Crippen LogP contribution in [0.2, 0.25) is 0 Å². The van der Waals surface area contributed by atoms with Crippen LogP contribution < -0.4 is 5.73 Å². The average Bonchev–Trinajstić information content (AvgIpc) is 3.19. The molecule has 4 nitrogen and oxygen atoms in total. The molecule has 1 aliphatic heterocycles. The zero-order valence-corrected chi connectivity index (χ0v) is 10.7. The molecule has 4 heteroatoms. The second-order valence-corrected chi connectivity index (χ2v) is 5.44. The Bertz CT molecular complexity index is 258. The quantitative estimate of drug-likeness (QED) is 0.780. The minimum Gasteiger partial charge on any atom is -0.378 e. The number of carbonyl (C=O) groups is 1. The predicted octanol–water partition coefficient (Wildman–Crippen LogP) is 0.999. The monoisotopic (exact) mass is 240 g/mol. The molecule has 2 aliphatic rings. The molecule has 0 aromatic carbocycles. The van der Waals surface area contributed by atoms with E-state index in [0.29, 0.717) is 12.6 Å². The van der Waals surface area contributed by atoms with Crippen molar-refractivity contribution in [3.63, 3.8) is 0 Å². The van der Waals surface area contributed by atoms with Crippen molar-refractivity contribution < 1.29 is 9.53 Å². The van der Waals surface area contributed by atoms with Gasteiger partial charge in [0.1, 0.15) is 0 Å². The Labute approximate surface area is 103 Å². The van der Waals surface area contributed by atoms with Crippen molar-refractivity contribution in [2.45, 2.75) is 38.7 Å². The summed E-state index contributed by atoms with van der Waals surface area (Å²) in [5.41, 5.74) is 5.52. The summed E-state index contributed by atoms with van der Waals surface area (Å²) in [7, 11) is 0. The van der Waals surface area contributed by atoms with Crippen LogP contribution in [-0.4, -0.2) is 43.2 Å². The first-order valence-electron chi connectivity index (χ1n) is 6.81. The van der Waals surface area contributed by atoms with Gasteiger partial charge in [-0.25, -0.2) is 0 Å². The first kappa shape index (κ1) is 12.8. The third kappa shape index (κ3) is 3.68. The number of nitrogens with zero attached hydrogens (tertiary/aromatic N) is 1. The van der Waals surface area contributed by atoms with Crippen LogP contribution in [0, 0.1) is 11.8 Å². The number of piperidine rings is 1. The van der Waals surface area contributed by atoms with Crippen LogP contribution in [0.5, 0.6) is 0 Å². The van der Waals surface area contributed by atoms with Gasteiger partial charge in [-0.1, -0.05) is 6.92 Å². The van der Waals surface area contributed by atoms with E-state index in [1.807, 2.05) is 11.8 Å². The molecule has 0 radical (unpaired) electrons. The third-order valence-corrected chi connectivity index (χ3v) is 3.79.